The molecule has 0 aliphatic carbocycles. The Bertz CT molecular complexity index is 682. The van der Waals surface area contributed by atoms with Gasteiger partial charge in [-0.3, -0.25) is 4.79 Å². The minimum absolute atomic E-state index is 0.201. The minimum Gasteiger partial charge on any atom is -0.468 e. The number of aryl methyl sites for hydroxylation is 1. The van der Waals surface area contributed by atoms with Gasteiger partial charge in [-0.25, -0.2) is 4.98 Å². The van der Waals surface area contributed by atoms with Crippen LogP contribution in [-0.4, -0.2) is 42.8 Å². The number of methoxy groups -OCH3 is 1. The molecule has 0 aliphatic heterocycles. The molecule has 0 fully saturated rings. The number of benzene rings is 1. The van der Waals surface area contributed by atoms with E-state index in [1.165, 1.54) is 18.9 Å². The number of nitrogens with zero attached hydrogens (tertiary/aromatic N) is 1. The fraction of sp³-hybridized carbons (Fsp3) is 0.368. The monoisotopic (exact) mass is 361 g/mol. The van der Waals surface area contributed by atoms with Crippen LogP contribution < -0.4 is 0 Å². The summed E-state index contributed by atoms with van der Waals surface area (Å²) < 4.78 is 15.9. The molecule has 0 radical (unpaired) electrons. The van der Waals surface area contributed by atoms with Crippen molar-refractivity contribution in [2.45, 2.75) is 13.3 Å². The Morgan fingerprint density at radius 3 is 2.84 bits per heavy atom. The van der Waals surface area contributed by atoms with E-state index in [0.717, 1.165) is 22.8 Å². The summed E-state index contributed by atoms with van der Waals surface area (Å²) in [4.78, 5) is 15.5. The number of hydrogen-bond acceptors (Lipinski definition) is 6. The highest BCUT2D eigenvalue weighted by Crippen LogP contribution is 2.21. The third-order valence-corrected chi connectivity index (χ3v) is 4.31. The van der Waals surface area contributed by atoms with Gasteiger partial charge in [-0.2, -0.15) is 0 Å². The van der Waals surface area contributed by atoms with E-state index in [4.69, 9.17) is 9.15 Å². The highest BCUT2D eigenvalue weighted by Gasteiger charge is 2.10. The molecule has 0 saturated heterocycles. The molecule has 0 aliphatic rings. The number of hydrogen-bond donors (Lipinski definition) is 0. The maximum atomic E-state index is 10.9. The molecule has 25 heavy (non-hydrogen) atoms. The molecule has 0 bridgehead atoms. The number of carbonyl (C=O) groups excluding carboxylic acids is 1. The predicted octanol–water partition coefficient (Wildman–Crippen LogP) is 3.67. The Hall–Kier alpha value is -2.05. The number of carbonyl (C=O) groups is 1. The lowest BCUT2D eigenvalue weighted by Crippen LogP contribution is -2.03. The number of rotatable bonds is 10. The van der Waals surface area contributed by atoms with Crippen LogP contribution in [0.1, 0.15) is 11.5 Å². The van der Waals surface area contributed by atoms with Gasteiger partial charge in [0.05, 0.1) is 31.8 Å². The van der Waals surface area contributed by atoms with Crippen molar-refractivity contribution in [1.82, 2.24) is 4.98 Å². The van der Waals surface area contributed by atoms with Crippen molar-refractivity contribution in [3.05, 3.63) is 53.9 Å². The van der Waals surface area contributed by atoms with Crippen LogP contribution in [-0.2, 0) is 20.7 Å². The number of ether oxygens (including phenoxy) is 2. The van der Waals surface area contributed by atoms with Crippen LogP contribution in [0, 0.1) is 6.92 Å². The van der Waals surface area contributed by atoms with E-state index in [9.17, 15) is 4.79 Å². The summed E-state index contributed by atoms with van der Waals surface area (Å²) in [6.45, 7) is 3.05. The van der Waals surface area contributed by atoms with E-state index in [-0.39, 0.29) is 5.97 Å². The van der Waals surface area contributed by atoms with Crippen LogP contribution in [0.2, 0.25) is 0 Å². The smallest absolute Gasteiger partial charge is 0.315 e. The van der Waals surface area contributed by atoms with Crippen LogP contribution in [0.15, 0.2) is 46.9 Å². The SMILES string of the molecule is COC(=O)CSCC=CCOCCc1nc(-c2ccccc2)oc1C. The average Bonchev–Trinajstić information content (AvgIpc) is 3.01. The van der Waals surface area contributed by atoms with E-state index in [1.807, 2.05) is 49.4 Å². The van der Waals surface area contributed by atoms with Crippen LogP contribution >= 0.6 is 11.8 Å². The molecule has 1 aromatic heterocycles. The maximum Gasteiger partial charge on any atom is 0.315 e. The van der Waals surface area contributed by atoms with Gasteiger partial charge in [-0.15, -0.1) is 11.8 Å². The summed E-state index contributed by atoms with van der Waals surface area (Å²) in [6, 6.07) is 9.86. The van der Waals surface area contributed by atoms with E-state index in [0.29, 0.717) is 31.3 Å². The zero-order valence-electron chi connectivity index (χ0n) is 14.6. The molecular weight excluding hydrogens is 338 g/mol. The summed E-state index contributed by atoms with van der Waals surface area (Å²) in [5.41, 5.74) is 1.90. The average molecular weight is 361 g/mol. The van der Waals surface area contributed by atoms with E-state index in [1.54, 1.807) is 0 Å². The molecule has 5 nitrogen and oxygen atoms in total. The lowest BCUT2D eigenvalue weighted by Gasteiger charge is -1.99. The number of esters is 1. The Balaban J connectivity index is 1.65. The van der Waals surface area contributed by atoms with Gasteiger partial charge in [0, 0.05) is 17.7 Å². The van der Waals surface area contributed by atoms with Gasteiger partial charge in [0.15, 0.2) is 0 Å². The number of oxazole rings is 1. The highest BCUT2D eigenvalue weighted by atomic mass is 32.2. The van der Waals surface area contributed by atoms with Gasteiger partial charge in [-0.1, -0.05) is 30.4 Å². The Morgan fingerprint density at radius 2 is 2.08 bits per heavy atom. The Kier molecular flexibility index (Phi) is 8.28. The van der Waals surface area contributed by atoms with Crippen molar-refractivity contribution in [3.8, 4) is 11.5 Å². The van der Waals surface area contributed by atoms with Gasteiger partial charge in [-0.05, 0) is 19.1 Å². The first-order chi connectivity index (χ1) is 12.2. The Morgan fingerprint density at radius 1 is 1.28 bits per heavy atom. The molecule has 6 heteroatoms. The van der Waals surface area contributed by atoms with Gasteiger partial charge in [0.1, 0.15) is 5.76 Å². The van der Waals surface area contributed by atoms with Gasteiger partial charge in [0.25, 0.3) is 0 Å². The Labute approximate surface area is 152 Å². The first-order valence-electron chi connectivity index (χ1n) is 8.09. The number of thioether (sulfide) groups is 1. The van der Waals surface area contributed by atoms with Crippen molar-refractivity contribution >= 4 is 17.7 Å². The van der Waals surface area contributed by atoms with Crippen LogP contribution in [0.5, 0.6) is 0 Å². The first-order valence-corrected chi connectivity index (χ1v) is 9.25. The summed E-state index contributed by atoms with van der Waals surface area (Å²) in [5.74, 6) is 2.42. The molecule has 0 atom stereocenters. The van der Waals surface area contributed by atoms with Crippen molar-refractivity contribution < 1.29 is 18.7 Å². The van der Waals surface area contributed by atoms with Crippen LogP contribution in [0.4, 0.5) is 0 Å². The fourth-order valence-electron chi connectivity index (χ4n) is 2.09. The quantitative estimate of drug-likeness (QED) is 0.365. The van der Waals surface area contributed by atoms with Crippen LogP contribution in [0.25, 0.3) is 11.5 Å². The molecule has 2 aromatic rings. The molecule has 1 heterocycles. The summed E-state index contributed by atoms with van der Waals surface area (Å²) >= 11 is 1.51. The van der Waals surface area contributed by atoms with E-state index in [2.05, 4.69) is 9.72 Å². The standard InChI is InChI=1S/C19H23NO4S/c1-15-17(20-19(24-15)16-8-4-3-5-9-16)10-12-23-11-6-7-13-25-14-18(21)22-2/h3-9H,10-14H2,1-2H3. The molecule has 0 unspecified atom stereocenters. The summed E-state index contributed by atoms with van der Waals surface area (Å²) in [7, 11) is 1.39. The van der Waals surface area contributed by atoms with Crippen molar-refractivity contribution in [3.63, 3.8) is 0 Å². The van der Waals surface area contributed by atoms with E-state index >= 15 is 0 Å². The second-order valence-corrected chi connectivity index (χ2v) is 6.31. The maximum absolute atomic E-state index is 10.9. The van der Waals surface area contributed by atoms with Crippen LogP contribution in [0.3, 0.4) is 0 Å². The lowest BCUT2D eigenvalue weighted by atomic mass is 10.2. The van der Waals surface area contributed by atoms with Gasteiger partial charge in [0.2, 0.25) is 5.89 Å². The number of aromatic nitrogens is 1. The normalized spacial score (nSPS) is 11.1. The summed E-state index contributed by atoms with van der Waals surface area (Å²) in [5, 5.41) is 0. The molecule has 1 aromatic carbocycles. The third kappa shape index (κ3) is 6.76. The first kappa shape index (κ1) is 19.3. The summed E-state index contributed by atoms with van der Waals surface area (Å²) in [6.07, 6.45) is 4.66. The molecular formula is C19H23NO4S. The fourth-order valence-corrected chi connectivity index (χ4v) is 2.76. The molecule has 134 valence electrons. The largest absolute Gasteiger partial charge is 0.468 e. The molecule has 0 amide bonds. The second kappa shape index (κ2) is 10.7. The zero-order valence-corrected chi connectivity index (χ0v) is 15.4. The van der Waals surface area contributed by atoms with Crippen molar-refractivity contribution in [2.24, 2.45) is 0 Å². The topological polar surface area (TPSA) is 61.6 Å². The lowest BCUT2D eigenvalue weighted by molar-refractivity contribution is -0.137. The van der Waals surface area contributed by atoms with Gasteiger partial charge >= 0.3 is 5.97 Å². The molecule has 0 N–H and O–H groups in total. The van der Waals surface area contributed by atoms with Gasteiger partial charge < -0.3 is 13.9 Å². The molecule has 0 saturated carbocycles. The van der Waals surface area contributed by atoms with E-state index < -0.39 is 0 Å². The van der Waals surface area contributed by atoms with Crippen molar-refractivity contribution in [1.29, 1.82) is 0 Å². The minimum atomic E-state index is -0.201. The predicted molar refractivity (Wildman–Crippen MR) is 99.7 cm³/mol. The van der Waals surface area contributed by atoms with Crippen molar-refractivity contribution in [2.75, 3.05) is 31.8 Å². The second-order valence-electron chi connectivity index (χ2n) is 5.28. The molecule has 2 rings (SSSR count). The zero-order chi connectivity index (χ0) is 17.9. The molecule has 0 spiro atoms. The third-order valence-electron chi connectivity index (χ3n) is 3.44. The highest BCUT2D eigenvalue weighted by molar-refractivity contribution is 8.00.